The maximum absolute atomic E-state index is 11.6. The topological polar surface area (TPSA) is 107 Å². The van der Waals surface area contributed by atoms with Crippen molar-refractivity contribution in [2.45, 2.75) is 32.8 Å². The van der Waals surface area contributed by atoms with Crippen LogP contribution in [0.3, 0.4) is 0 Å². The summed E-state index contributed by atoms with van der Waals surface area (Å²) in [6, 6.07) is 0. The van der Waals surface area contributed by atoms with E-state index in [2.05, 4.69) is 4.74 Å². The van der Waals surface area contributed by atoms with Crippen molar-refractivity contribution in [3.63, 3.8) is 0 Å². The van der Waals surface area contributed by atoms with Gasteiger partial charge in [-0.25, -0.2) is 9.59 Å². The molecular weight excluding hydrogens is 256 g/mol. The number of esters is 2. The van der Waals surface area contributed by atoms with Crippen LogP contribution >= 0.6 is 0 Å². The Balaban J connectivity index is 3.26. The van der Waals surface area contributed by atoms with Crippen molar-refractivity contribution in [1.29, 1.82) is 0 Å². The summed E-state index contributed by atoms with van der Waals surface area (Å²) in [5, 5.41) is 9.76. The largest absolute Gasteiger partial charge is 0.501 e. The van der Waals surface area contributed by atoms with E-state index in [9.17, 15) is 24.3 Å². The molecule has 7 heteroatoms. The fourth-order valence-electron chi connectivity index (χ4n) is 1.91. The monoisotopic (exact) mass is 270 g/mol. The molecule has 1 rings (SSSR count). The predicted octanol–water partition coefficient (Wildman–Crippen LogP) is 0.225. The number of carbonyl (C=O) groups excluding carboxylic acids is 4. The first-order chi connectivity index (χ1) is 8.73. The van der Waals surface area contributed by atoms with Crippen molar-refractivity contribution in [3.8, 4) is 0 Å². The van der Waals surface area contributed by atoms with Gasteiger partial charge in [-0.3, -0.25) is 9.59 Å². The molecule has 1 heterocycles. The van der Waals surface area contributed by atoms with E-state index in [1.165, 1.54) is 13.8 Å². The van der Waals surface area contributed by atoms with Gasteiger partial charge < -0.3 is 14.6 Å². The lowest BCUT2D eigenvalue weighted by molar-refractivity contribution is -0.152. The molecule has 1 fully saturated rings. The van der Waals surface area contributed by atoms with Gasteiger partial charge >= 0.3 is 11.9 Å². The summed E-state index contributed by atoms with van der Waals surface area (Å²) in [6.45, 7) is 3.90. The van der Waals surface area contributed by atoms with Gasteiger partial charge in [-0.1, -0.05) is 0 Å². The summed E-state index contributed by atoms with van der Waals surface area (Å²) < 4.78 is 9.37. The number of ether oxygens (including phenoxy) is 2. The second-order valence-corrected chi connectivity index (χ2v) is 4.22. The van der Waals surface area contributed by atoms with Crippen LogP contribution in [-0.2, 0) is 28.7 Å². The van der Waals surface area contributed by atoms with Gasteiger partial charge in [0.1, 0.15) is 5.60 Å². The van der Waals surface area contributed by atoms with Crippen LogP contribution < -0.4 is 0 Å². The van der Waals surface area contributed by atoms with Crippen molar-refractivity contribution in [3.05, 3.63) is 11.3 Å². The SMILES string of the molecule is CCOC(=O)/C(O)=C(\C(C)=O)C1(C)CC(=O)C(=O)O1. The first kappa shape index (κ1) is 14.9. The lowest BCUT2D eigenvalue weighted by Gasteiger charge is -2.23. The van der Waals surface area contributed by atoms with E-state index < -0.39 is 46.9 Å². The van der Waals surface area contributed by atoms with Gasteiger partial charge in [0.2, 0.25) is 11.5 Å². The van der Waals surface area contributed by atoms with Gasteiger partial charge in [-0.2, -0.15) is 0 Å². The summed E-state index contributed by atoms with van der Waals surface area (Å²) in [5.41, 5.74) is -2.08. The van der Waals surface area contributed by atoms with Crippen LogP contribution in [-0.4, -0.2) is 40.8 Å². The summed E-state index contributed by atoms with van der Waals surface area (Å²) in [4.78, 5) is 45.4. The zero-order valence-electron chi connectivity index (χ0n) is 10.8. The van der Waals surface area contributed by atoms with Crippen LogP contribution in [0.4, 0.5) is 0 Å². The highest BCUT2D eigenvalue weighted by molar-refractivity contribution is 6.36. The van der Waals surface area contributed by atoms with Crippen LogP contribution in [0, 0.1) is 0 Å². The fourth-order valence-corrected chi connectivity index (χ4v) is 1.91. The highest BCUT2D eigenvalue weighted by atomic mass is 16.6. The molecule has 1 atom stereocenters. The molecule has 0 aliphatic carbocycles. The number of hydrogen-bond acceptors (Lipinski definition) is 7. The highest BCUT2D eigenvalue weighted by Crippen LogP contribution is 2.33. The zero-order chi connectivity index (χ0) is 14.8. The van der Waals surface area contributed by atoms with E-state index >= 15 is 0 Å². The average Bonchev–Trinajstić information content (AvgIpc) is 2.52. The minimum absolute atomic E-state index is 0.00348. The Kier molecular flexibility index (Phi) is 4.08. The van der Waals surface area contributed by atoms with Crippen molar-refractivity contribution in [2.75, 3.05) is 6.61 Å². The third-order valence-electron chi connectivity index (χ3n) is 2.63. The number of ketones is 2. The molecule has 0 spiro atoms. The third-order valence-corrected chi connectivity index (χ3v) is 2.63. The molecule has 1 unspecified atom stereocenters. The summed E-state index contributed by atoms with van der Waals surface area (Å²) in [5.74, 6) is -4.66. The smallest absolute Gasteiger partial charge is 0.375 e. The number of aliphatic hydroxyl groups excluding tert-OH is 1. The summed E-state index contributed by atoms with van der Waals surface area (Å²) >= 11 is 0. The Morgan fingerprint density at radius 3 is 2.37 bits per heavy atom. The van der Waals surface area contributed by atoms with Gasteiger partial charge in [0.25, 0.3) is 0 Å². The lowest BCUT2D eigenvalue weighted by atomic mass is 9.88. The van der Waals surface area contributed by atoms with Crippen molar-refractivity contribution in [1.82, 2.24) is 0 Å². The number of rotatable bonds is 4. The minimum atomic E-state index is -1.64. The molecule has 19 heavy (non-hydrogen) atoms. The summed E-state index contributed by atoms with van der Waals surface area (Å²) in [7, 11) is 0. The Morgan fingerprint density at radius 1 is 1.42 bits per heavy atom. The van der Waals surface area contributed by atoms with Crippen molar-refractivity contribution in [2.24, 2.45) is 0 Å². The second kappa shape index (κ2) is 5.21. The van der Waals surface area contributed by atoms with Crippen LogP contribution in [0.5, 0.6) is 0 Å². The number of cyclic esters (lactones) is 1. The number of Topliss-reactive ketones (excluding diaryl/α,β-unsaturated/α-hetero) is 2. The molecular formula is C12H14O7. The minimum Gasteiger partial charge on any atom is -0.501 e. The molecule has 1 aliphatic heterocycles. The first-order valence-electron chi connectivity index (χ1n) is 5.61. The Bertz CT molecular complexity index is 470. The maximum atomic E-state index is 11.6. The molecule has 0 radical (unpaired) electrons. The number of carbonyl (C=O) groups is 4. The molecule has 0 amide bonds. The van der Waals surface area contributed by atoms with Gasteiger partial charge in [0, 0.05) is 0 Å². The van der Waals surface area contributed by atoms with Crippen LogP contribution in [0.2, 0.25) is 0 Å². The van der Waals surface area contributed by atoms with E-state index in [4.69, 9.17) is 4.74 Å². The number of hydrogen-bond donors (Lipinski definition) is 1. The van der Waals surface area contributed by atoms with E-state index in [0.717, 1.165) is 6.92 Å². The summed E-state index contributed by atoms with van der Waals surface area (Å²) in [6.07, 6.45) is -0.412. The van der Waals surface area contributed by atoms with Crippen LogP contribution in [0.15, 0.2) is 11.3 Å². The maximum Gasteiger partial charge on any atom is 0.375 e. The van der Waals surface area contributed by atoms with E-state index in [1.807, 2.05) is 0 Å². The second-order valence-electron chi connectivity index (χ2n) is 4.22. The molecule has 1 saturated heterocycles. The Labute approximate surface area is 109 Å². The Hall–Kier alpha value is -2.18. The molecule has 0 aromatic heterocycles. The fraction of sp³-hybridized carbons (Fsp3) is 0.500. The molecule has 104 valence electrons. The first-order valence-corrected chi connectivity index (χ1v) is 5.61. The standard InChI is InChI=1S/C12H14O7/c1-4-18-11(17)9(15)8(6(2)13)12(3)5-7(14)10(16)19-12/h15H,4-5H2,1-3H3/b9-8-. The van der Waals surface area contributed by atoms with Crippen LogP contribution in [0.25, 0.3) is 0 Å². The molecule has 0 saturated carbocycles. The number of aliphatic hydroxyl groups is 1. The third kappa shape index (κ3) is 2.81. The van der Waals surface area contributed by atoms with Gasteiger partial charge in [-0.05, 0) is 20.8 Å². The zero-order valence-corrected chi connectivity index (χ0v) is 10.8. The molecule has 1 aliphatic rings. The normalized spacial score (nSPS) is 23.7. The lowest BCUT2D eigenvalue weighted by Crippen LogP contribution is -2.33. The van der Waals surface area contributed by atoms with Gasteiger partial charge in [0.15, 0.2) is 5.78 Å². The van der Waals surface area contributed by atoms with Crippen molar-refractivity contribution < 1.29 is 33.8 Å². The molecule has 0 aromatic rings. The average molecular weight is 270 g/mol. The predicted molar refractivity (Wildman–Crippen MR) is 61.1 cm³/mol. The molecule has 0 aromatic carbocycles. The van der Waals surface area contributed by atoms with Crippen LogP contribution in [0.1, 0.15) is 27.2 Å². The quantitative estimate of drug-likeness (QED) is 0.337. The van der Waals surface area contributed by atoms with Gasteiger partial charge in [-0.15, -0.1) is 0 Å². The highest BCUT2D eigenvalue weighted by Gasteiger charge is 2.49. The van der Waals surface area contributed by atoms with E-state index in [0.29, 0.717) is 0 Å². The molecule has 7 nitrogen and oxygen atoms in total. The Morgan fingerprint density at radius 2 is 2.00 bits per heavy atom. The molecule has 1 N–H and O–H groups in total. The molecule has 0 bridgehead atoms. The van der Waals surface area contributed by atoms with E-state index in [1.54, 1.807) is 0 Å². The van der Waals surface area contributed by atoms with Gasteiger partial charge in [0.05, 0.1) is 18.6 Å². The van der Waals surface area contributed by atoms with Crippen molar-refractivity contribution >= 4 is 23.5 Å². The van der Waals surface area contributed by atoms with E-state index in [-0.39, 0.29) is 6.61 Å².